The third kappa shape index (κ3) is 6.41. The van der Waals surface area contributed by atoms with Gasteiger partial charge in [-0.15, -0.1) is 0 Å². The lowest BCUT2D eigenvalue weighted by Gasteiger charge is -2.60. The van der Waals surface area contributed by atoms with Gasteiger partial charge in [-0.1, -0.05) is 51.1 Å². The Balaban J connectivity index is 1.60. The molecule has 264 valence electrons. The minimum atomic E-state index is -1.25. The van der Waals surface area contributed by atoms with E-state index in [4.69, 9.17) is 23.7 Å². The molecule has 11 nitrogen and oxygen atoms in total. The molecule has 1 spiro atoms. The normalized spacial score (nSPS) is 35.9. The van der Waals surface area contributed by atoms with Crippen LogP contribution in [0.2, 0.25) is 0 Å². The van der Waals surface area contributed by atoms with Crippen LogP contribution in [0.1, 0.15) is 85.8 Å². The molecule has 0 amide bonds. The number of fused-ring (bicyclic) bond motifs is 4. The second-order valence-electron chi connectivity index (χ2n) is 15.1. The largest absolute Gasteiger partial charge is 0.462 e. The Morgan fingerprint density at radius 1 is 0.958 bits per heavy atom. The van der Waals surface area contributed by atoms with Gasteiger partial charge in [-0.05, 0) is 62.4 Å². The van der Waals surface area contributed by atoms with Crippen LogP contribution in [0.3, 0.4) is 0 Å². The van der Waals surface area contributed by atoms with E-state index in [0.29, 0.717) is 30.4 Å². The number of carbonyl (C=O) groups is 4. The maximum atomic E-state index is 13.7. The van der Waals surface area contributed by atoms with E-state index in [1.54, 1.807) is 0 Å². The molecule has 0 radical (unpaired) electrons. The van der Waals surface area contributed by atoms with Gasteiger partial charge in [-0.25, -0.2) is 0 Å². The molecule has 1 heterocycles. The van der Waals surface area contributed by atoms with Crippen molar-refractivity contribution >= 4 is 23.9 Å². The molecule has 10 atom stereocenters. The van der Waals surface area contributed by atoms with Gasteiger partial charge in [-0.3, -0.25) is 19.2 Å². The van der Waals surface area contributed by atoms with Gasteiger partial charge in [0.2, 0.25) is 0 Å². The lowest BCUT2D eigenvalue weighted by molar-refractivity contribution is -0.226. The first-order valence-corrected chi connectivity index (χ1v) is 16.9. The molecule has 48 heavy (non-hydrogen) atoms. The van der Waals surface area contributed by atoms with Crippen LogP contribution in [-0.2, 0) is 42.9 Å². The standard InChI is InChI=1S/C37H51NO10/c1-20-27(45-21(2)39)17-25-32(46-22(3)40)33-36(7,34(47-23(4)41)31(43)30(20)35(25,5)6)16-15-28(37(33)19-44-37)48-29(42)18-26(38(8)9)24-13-11-10-12-14-24/h10-14,25-28,31-34,43H,15-19H2,1-9H3/t25-,26+,27-,28-,31+,32+,33-,34-,36+,37-/m0/s1. The van der Waals surface area contributed by atoms with E-state index in [1.807, 2.05) is 77.0 Å². The Morgan fingerprint density at radius 2 is 1.56 bits per heavy atom. The summed E-state index contributed by atoms with van der Waals surface area (Å²) in [6, 6.07) is 9.55. The Labute approximate surface area is 283 Å². The number of epoxide rings is 1. The average molecular weight is 670 g/mol. The number of benzene rings is 1. The van der Waals surface area contributed by atoms with Gasteiger partial charge in [0.1, 0.15) is 36.1 Å². The maximum absolute atomic E-state index is 13.7. The summed E-state index contributed by atoms with van der Waals surface area (Å²) in [4.78, 5) is 53.6. The van der Waals surface area contributed by atoms with Crippen molar-refractivity contribution in [3.63, 3.8) is 0 Å². The SMILES string of the molecule is CC(=O)O[C@@H]1[C@@H]2C[C@H](OC(C)=O)C(C)=C([C@@H](O)[C@H](OC(C)=O)[C@]3(C)CC[C@H](OC(=O)C[C@H](c4ccccc4)N(C)C)[C@@]4(CO4)[C@@H]13)C2(C)C. The lowest BCUT2D eigenvalue weighted by atomic mass is 9.48. The fourth-order valence-corrected chi connectivity index (χ4v) is 9.36. The number of aliphatic hydroxyl groups is 1. The Hall–Kier alpha value is -3.28. The second kappa shape index (κ2) is 13.2. The van der Waals surface area contributed by atoms with Crippen molar-refractivity contribution in [1.29, 1.82) is 0 Å². The topological polar surface area (TPSA) is 141 Å². The molecule has 0 unspecified atom stereocenters. The van der Waals surface area contributed by atoms with E-state index < -0.39 is 76.7 Å². The summed E-state index contributed by atoms with van der Waals surface area (Å²) >= 11 is 0. The molecule has 2 bridgehead atoms. The summed E-state index contributed by atoms with van der Waals surface area (Å²) < 4.78 is 30.8. The smallest absolute Gasteiger partial charge is 0.308 e. The lowest BCUT2D eigenvalue weighted by Crippen LogP contribution is -2.68. The van der Waals surface area contributed by atoms with Crippen molar-refractivity contribution in [2.24, 2.45) is 22.7 Å². The number of carbonyl (C=O) groups excluding carboxylic acids is 4. The molecule has 0 aromatic heterocycles. The van der Waals surface area contributed by atoms with Crippen LogP contribution in [0, 0.1) is 22.7 Å². The number of nitrogens with zero attached hydrogens (tertiary/aromatic N) is 1. The Bertz CT molecular complexity index is 1450. The van der Waals surface area contributed by atoms with Gasteiger partial charge in [0.25, 0.3) is 0 Å². The summed E-state index contributed by atoms with van der Waals surface area (Å²) in [6.07, 6.45) is -3.30. The molecule has 11 heteroatoms. The first-order chi connectivity index (χ1) is 22.4. The van der Waals surface area contributed by atoms with Gasteiger partial charge in [0, 0.05) is 44.1 Å². The van der Waals surface area contributed by atoms with Gasteiger partial charge in [0.15, 0.2) is 0 Å². The first kappa shape index (κ1) is 36.0. The van der Waals surface area contributed by atoms with Crippen molar-refractivity contribution in [1.82, 2.24) is 4.90 Å². The Kier molecular flexibility index (Phi) is 9.91. The molecule has 3 aliphatic carbocycles. The number of ether oxygens (including phenoxy) is 5. The third-order valence-corrected chi connectivity index (χ3v) is 11.5. The summed E-state index contributed by atoms with van der Waals surface area (Å²) in [5.41, 5.74) is -0.537. The molecule has 1 saturated heterocycles. The molecule has 1 aromatic rings. The van der Waals surface area contributed by atoms with Crippen LogP contribution < -0.4 is 0 Å². The minimum absolute atomic E-state index is 0.112. The van der Waals surface area contributed by atoms with Crippen LogP contribution in [0.5, 0.6) is 0 Å². The van der Waals surface area contributed by atoms with Gasteiger partial charge in [0.05, 0.1) is 13.0 Å². The summed E-state index contributed by atoms with van der Waals surface area (Å²) in [5, 5.41) is 12.3. The molecule has 1 aliphatic heterocycles. The molecular formula is C37H51NO10. The van der Waals surface area contributed by atoms with Gasteiger partial charge in [-0.2, -0.15) is 0 Å². The van der Waals surface area contributed by atoms with Crippen molar-refractivity contribution in [2.75, 3.05) is 20.7 Å². The molecule has 3 fully saturated rings. The zero-order valence-electron chi connectivity index (χ0n) is 29.6. The van der Waals surface area contributed by atoms with Crippen LogP contribution in [0.4, 0.5) is 0 Å². The number of hydrogen-bond donors (Lipinski definition) is 1. The van der Waals surface area contributed by atoms with E-state index in [1.165, 1.54) is 20.8 Å². The van der Waals surface area contributed by atoms with Gasteiger partial charge >= 0.3 is 23.9 Å². The number of hydrogen-bond acceptors (Lipinski definition) is 11. The summed E-state index contributed by atoms with van der Waals surface area (Å²) in [5.74, 6) is -3.03. The monoisotopic (exact) mass is 669 g/mol. The Morgan fingerprint density at radius 3 is 2.10 bits per heavy atom. The van der Waals surface area contributed by atoms with Crippen LogP contribution in [-0.4, -0.2) is 90.7 Å². The molecule has 1 N–H and O–H groups in total. The zero-order chi connectivity index (χ0) is 35.3. The fraction of sp³-hybridized carbons (Fsp3) is 0.676. The summed E-state index contributed by atoms with van der Waals surface area (Å²) in [6.45, 7) is 11.9. The summed E-state index contributed by atoms with van der Waals surface area (Å²) in [7, 11) is 3.83. The number of rotatable bonds is 8. The fourth-order valence-electron chi connectivity index (χ4n) is 9.36. The predicted molar refractivity (Wildman–Crippen MR) is 174 cm³/mol. The van der Waals surface area contributed by atoms with Crippen molar-refractivity contribution in [3.8, 4) is 0 Å². The number of aliphatic hydroxyl groups excluding tert-OH is 1. The van der Waals surface area contributed by atoms with Crippen LogP contribution >= 0.6 is 0 Å². The van der Waals surface area contributed by atoms with Crippen molar-refractivity contribution in [2.45, 2.75) is 116 Å². The molecule has 1 aromatic carbocycles. The third-order valence-electron chi connectivity index (χ3n) is 11.5. The molecular weight excluding hydrogens is 618 g/mol. The van der Waals surface area contributed by atoms with E-state index in [-0.39, 0.29) is 25.0 Å². The van der Waals surface area contributed by atoms with Gasteiger partial charge < -0.3 is 33.7 Å². The highest BCUT2D eigenvalue weighted by atomic mass is 16.6. The average Bonchev–Trinajstić information content (AvgIpc) is 3.77. The predicted octanol–water partition coefficient (Wildman–Crippen LogP) is 4.31. The van der Waals surface area contributed by atoms with E-state index in [9.17, 15) is 24.3 Å². The van der Waals surface area contributed by atoms with Crippen molar-refractivity contribution in [3.05, 3.63) is 47.0 Å². The van der Waals surface area contributed by atoms with E-state index in [2.05, 4.69) is 0 Å². The maximum Gasteiger partial charge on any atom is 0.308 e. The highest BCUT2D eigenvalue weighted by molar-refractivity contribution is 5.71. The minimum Gasteiger partial charge on any atom is -0.462 e. The second-order valence-corrected chi connectivity index (χ2v) is 15.1. The number of esters is 4. The highest BCUT2D eigenvalue weighted by Gasteiger charge is 2.74. The van der Waals surface area contributed by atoms with E-state index in [0.717, 1.165) is 5.56 Å². The molecule has 5 rings (SSSR count). The van der Waals surface area contributed by atoms with Crippen LogP contribution in [0.25, 0.3) is 0 Å². The quantitative estimate of drug-likeness (QED) is 0.183. The molecule has 4 aliphatic rings. The van der Waals surface area contributed by atoms with Crippen molar-refractivity contribution < 1.29 is 48.0 Å². The zero-order valence-corrected chi connectivity index (χ0v) is 29.6. The molecule has 2 saturated carbocycles. The first-order valence-electron chi connectivity index (χ1n) is 16.9. The van der Waals surface area contributed by atoms with E-state index >= 15 is 0 Å². The van der Waals surface area contributed by atoms with Crippen LogP contribution in [0.15, 0.2) is 41.5 Å². The highest BCUT2D eigenvalue weighted by Crippen LogP contribution is 2.65.